The maximum absolute atomic E-state index is 13.2. The molecular formula is C36H44N2O5. The highest BCUT2D eigenvalue weighted by molar-refractivity contribution is 5.96. The van der Waals surface area contributed by atoms with Crippen molar-refractivity contribution in [1.82, 2.24) is 9.80 Å². The molecular weight excluding hydrogens is 540 g/mol. The van der Waals surface area contributed by atoms with Crippen molar-refractivity contribution in [3.8, 4) is 5.75 Å². The SMILES string of the molecule is CCN(CC)C(=O)c1ccc(C2=CC3(CCN(C(=O)OCc4ccccc4)CC3)CC3=C2C(C)CC=C3)c(OCOC)c1. The Labute approximate surface area is 255 Å². The second kappa shape index (κ2) is 13.6. The van der Waals surface area contributed by atoms with Crippen LogP contribution in [0.5, 0.6) is 5.75 Å². The van der Waals surface area contributed by atoms with Gasteiger partial charge >= 0.3 is 6.09 Å². The van der Waals surface area contributed by atoms with Crippen LogP contribution in [0.15, 0.2) is 77.9 Å². The van der Waals surface area contributed by atoms with Gasteiger partial charge in [-0.05, 0) is 91.3 Å². The van der Waals surface area contributed by atoms with Crippen molar-refractivity contribution in [1.29, 1.82) is 0 Å². The number of allylic oxidation sites excluding steroid dienone is 6. The molecule has 0 saturated carbocycles. The number of benzene rings is 2. The zero-order valence-corrected chi connectivity index (χ0v) is 25.9. The van der Waals surface area contributed by atoms with Crippen LogP contribution in [0, 0.1) is 11.3 Å². The molecule has 1 fully saturated rings. The van der Waals surface area contributed by atoms with Crippen LogP contribution < -0.4 is 4.74 Å². The fraction of sp³-hybridized carbons (Fsp3) is 0.444. The Morgan fingerprint density at radius 1 is 1.05 bits per heavy atom. The van der Waals surface area contributed by atoms with Gasteiger partial charge in [0, 0.05) is 44.4 Å². The Kier molecular flexibility index (Phi) is 9.71. The largest absolute Gasteiger partial charge is 0.467 e. The fourth-order valence-electron chi connectivity index (χ4n) is 6.65. The van der Waals surface area contributed by atoms with Crippen molar-refractivity contribution in [3.63, 3.8) is 0 Å². The van der Waals surface area contributed by atoms with Crippen LogP contribution in [0.3, 0.4) is 0 Å². The first-order valence-corrected chi connectivity index (χ1v) is 15.5. The summed E-state index contributed by atoms with van der Waals surface area (Å²) in [7, 11) is 1.60. The molecule has 2 aromatic carbocycles. The molecule has 7 heteroatoms. The second-order valence-electron chi connectivity index (χ2n) is 11.8. The molecule has 3 aliphatic rings. The van der Waals surface area contributed by atoms with Crippen molar-refractivity contribution in [2.45, 2.75) is 53.1 Å². The lowest BCUT2D eigenvalue weighted by Crippen LogP contribution is -2.43. The fourth-order valence-corrected chi connectivity index (χ4v) is 6.65. The highest BCUT2D eigenvalue weighted by Gasteiger charge is 2.40. The number of likely N-dealkylation sites (tertiary alicyclic amines) is 1. The summed E-state index contributed by atoms with van der Waals surface area (Å²) in [6.45, 7) is 9.22. The van der Waals surface area contributed by atoms with Crippen molar-refractivity contribution in [2.24, 2.45) is 11.3 Å². The number of rotatable bonds is 9. The van der Waals surface area contributed by atoms with E-state index in [-0.39, 0.29) is 30.8 Å². The molecule has 1 spiro atoms. The molecule has 43 heavy (non-hydrogen) atoms. The van der Waals surface area contributed by atoms with Crippen LogP contribution in [-0.4, -0.2) is 61.9 Å². The lowest BCUT2D eigenvalue weighted by Gasteiger charge is -2.44. The van der Waals surface area contributed by atoms with Crippen LogP contribution in [0.1, 0.15) is 67.9 Å². The molecule has 2 amide bonds. The van der Waals surface area contributed by atoms with Crippen LogP contribution in [0.25, 0.3) is 5.57 Å². The molecule has 0 radical (unpaired) electrons. The number of ether oxygens (including phenoxy) is 3. The van der Waals surface area contributed by atoms with E-state index in [1.54, 1.807) is 7.11 Å². The molecule has 2 aliphatic carbocycles. The first-order valence-electron chi connectivity index (χ1n) is 15.5. The topological polar surface area (TPSA) is 68.3 Å². The minimum absolute atomic E-state index is 0.00620. The van der Waals surface area contributed by atoms with Crippen LogP contribution in [-0.2, 0) is 16.1 Å². The minimum atomic E-state index is -0.256. The standard InChI is InChI=1S/C36H44N2O5/c1-5-37(6-2)34(39)28-15-16-30(32(21-28)43-25-41-4)31-23-36(22-29-14-10-11-26(3)33(29)31)17-19-38(20-18-36)35(40)42-24-27-12-8-7-9-13-27/h7-10,12-16,21,23,26H,5-6,11,17-20,22,24-25H2,1-4H3. The summed E-state index contributed by atoms with van der Waals surface area (Å²) >= 11 is 0. The molecule has 7 nitrogen and oxygen atoms in total. The number of hydrogen-bond acceptors (Lipinski definition) is 5. The molecule has 1 heterocycles. The average molecular weight is 585 g/mol. The van der Waals surface area contributed by atoms with Gasteiger partial charge in [0.25, 0.3) is 5.91 Å². The Morgan fingerprint density at radius 2 is 1.79 bits per heavy atom. The van der Waals surface area contributed by atoms with E-state index in [2.05, 4.69) is 25.2 Å². The number of carbonyl (C=O) groups excluding carboxylic acids is 2. The summed E-state index contributed by atoms with van der Waals surface area (Å²) in [5.41, 5.74) is 6.37. The summed E-state index contributed by atoms with van der Waals surface area (Å²) in [5.74, 6) is 1.01. The molecule has 0 aromatic heterocycles. The highest BCUT2D eigenvalue weighted by atomic mass is 16.7. The Bertz CT molecular complexity index is 1400. The lowest BCUT2D eigenvalue weighted by molar-refractivity contribution is 0.0507. The zero-order valence-electron chi connectivity index (χ0n) is 25.9. The van der Waals surface area contributed by atoms with Gasteiger partial charge in [-0.3, -0.25) is 4.79 Å². The van der Waals surface area contributed by atoms with Crippen LogP contribution >= 0.6 is 0 Å². The predicted octanol–water partition coefficient (Wildman–Crippen LogP) is 7.25. The van der Waals surface area contributed by atoms with Gasteiger partial charge in [0.15, 0.2) is 6.79 Å². The molecule has 1 unspecified atom stereocenters. The zero-order chi connectivity index (χ0) is 30.4. The van der Waals surface area contributed by atoms with Crippen LogP contribution in [0.4, 0.5) is 4.79 Å². The van der Waals surface area contributed by atoms with Crippen molar-refractivity contribution >= 4 is 17.6 Å². The van der Waals surface area contributed by atoms with Gasteiger partial charge in [-0.2, -0.15) is 0 Å². The predicted molar refractivity (Wildman–Crippen MR) is 169 cm³/mol. The van der Waals surface area contributed by atoms with Gasteiger partial charge in [-0.15, -0.1) is 0 Å². The Morgan fingerprint density at radius 3 is 2.49 bits per heavy atom. The quantitative estimate of drug-likeness (QED) is 0.291. The molecule has 0 N–H and O–H groups in total. The number of hydrogen-bond donors (Lipinski definition) is 0. The lowest BCUT2D eigenvalue weighted by atomic mass is 9.64. The van der Waals surface area contributed by atoms with Crippen molar-refractivity contribution < 1.29 is 23.8 Å². The first-order chi connectivity index (χ1) is 20.9. The average Bonchev–Trinajstić information content (AvgIpc) is 3.03. The summed E-state index contributed by atoms with van der Waals surface area (Å²) in [5, 5.41) is 0. The van der Waals surface area contributed by atoms with Crippen LogP contribution in [0.2, 0.25) is 0 Å². The van der Waals surface area contributed by atoms with E-state index < -0.39 is 0 Å². The van der Waals surface area contributed by atoms with E-state index in [0.717, 1.165) is 36.8 Å². The smallest absolute Gasteiger partial charge is 0.410 e. The minimum Gasteiger partial charge on any atom is -0.467 e. The van der Waals surface area contributed by atoms with Gasteiger partial charge in [-0.1, -0.05) is 55.5 Å². The first kappa shape index (κ1) is 30.6. The second-order valence-corrected chi connectivity index (χ2v) is 11.8. The molecule has 1 saturated heterocycles. The van der Waals surface area contributed by atoms with E-state index in [1.165, 1.54) is 16.7 Å². The number of piperidine rings is 1. The van der Waals surface area contributed by atoms with E-state index in [0.29, 0.717) is 43.4 Å². The molecule has 1 atom stereocenters. The number of nitrogens with zero attached hydrogens (tertiary/aromatic N) is 2. The van der Waals surface area contributed by atoms with Gasteiger partial charge < -0.3 is 24.0 Å². The summed E-state index contributed by atoms with van der Waals surface area (Å²) in [6, 6.07) is 15.6. The third kappa shape index (κ3) is 6.72. The molecule has 5 rings (SSSR count). The Hall–Kier alpha value is -3.84. The third-order valence-electron chi connectivity index (χ3n) is 9.05. The number of methoxy groups -OCH3 is 1. The summed E-state index contributed by atoms with van der Waals surface area (Å²) in [4.78, 5) is 29.8. The van der Waals surface area contributed by atoms with Gasteiger partial charge in [0.1, 0.15) is 12.4 Å². The van der Waals surface area contributed by atoms with E-state index in [1.807, 2.05) is 72.2 Å². The summed E-state index contributed by atoms with van der Waals surface area (Å²) in [6.07, 6.45) is 10.4. The molecule has 1 aliphatic heterocycles. The van der Waals surface area contributed by atoms with Gasteiger partial charge in [-0.25, -0.2) is 4.79 Å². The highest BCUT2D eigenvalue weighted by Crippen LogP contribution is 2.52. The number of amides is 2. The Balaban J connectivity index is 1.43. The van der Waals surface area contributed by atoms with Crippen molar-refractivity contribution in [2.75, 3.05) is 40.1 Å². The normalized spacial score (nSPS) is 19.1. The monoisotopic (exact) mass is 584 g/mol. The third-order valence-corrected chi connectivity index (χ3v) is 9.05. The van der Waals surface area contributed by atoms with E-state index >= 15 is 0 Å². The number of carbonyl (C=O) groups is 2. The van der Waals surface area contributed by atoms with Gasteiger partial charge in [0.05, 0.1) is 0 Å². The molecule has 0 bridgehead atoms. The maximum Gasteiger partial charge on any atom is 0.410 e. The maximum atomic E-state index is 13.2. The summed E-state index contributed by atoms with van der Waals surface area (Å²) < 4.78 is 17.1. The van der Waals surface area contributed by atoms with E-state index in [9.17, 15) is 9.59 Å². The van der Waals surface area contributed by atoms with Crippen molar-refractivity contribution in [3.05, 3.63) is 94.6 Å². The van der Waals surface area contributed by atoms with E-state index in [4.69, 9.17) is 14.2 Å². The molecule has 228 valence electrons. The van der Waals surface area contributed by atoms with Gasteiger partial charge in [0.2, 0.25) is 0 Å². The molecule has 2 aromatic rings.